The van der Waals surface area contributed by atoms with E-state index in [9.17, 15) is 4.79 Å². The Hall–Kier alpha value is -0.830. The van der Waals surface area contributed by atoms with Gasteiger partial charge < -0.3 is 5.32 Å². The Morgan fingerprint density at radius 2 is 2.14 bits per heavy atom. The van der Waals surface area contributed by atoms with Gasteiger partial charge in [0.25, 0.3) is 0 Å². The van der Waals surface area contributed by atoms with E-state index in [1.54, 1.807) is 0 Å². The maximum Gasteiger partial charge on any atom is 0.235 e. The molecule has 1 aromatic carbocycles. The molecule has 0 aliphatic rings. The maximum absolute atomic E-state index is 11.2. The highest BCUT2D eigenvalue weighted by atomic mass is 79.9. The van der Waals surface area contributed by atoms with Gasteiger partial charge >= 0.3 is 0 Å². The number of anilines is 1. The normalized spacial score (nSPS) is 9.86. The van der Waals surface area contributed by atoms with Crippen molar-refractivity contribution in [3.63, 3.8) is 0 Å². The highest BCUT2D eigenvalue weighted by Gasteiger charge is 2.03. The summed E-state index contributed by atoms with van der Waals surface area (Å²) in [5, 5.41) is 3.20. The third kappa shape index (κ3) is 3.14. The average Bonchev–Trinajstić information content (AvgIpc) is 2.21. The van der Waals surface area contributed by atoms with Crippen molar-refractivity contribution in [2.45, 2.75) is 19.8 Å². The summed E-state index contributed by atoms with van der Waals surface area (Å²) in [5.74, 6) is -0.00597. The second kappa shape index (κ2) is 5.81. The molecule has 0 aliphatic carbocycles. The number of nitrogens with one attached hydrogen (secondary N) is 1. The van der Waals surface area contributed by atoms with Gasteiger partial charge in [0.1, 0.15) is 0 Å². The smallest absolute Gasteiger partial charge is 0.235 e. The second-order valence-electron chi connectivity index (χ2n) is 3.09. The minimum absolute atomic E-state index is 0.00597. The van der Waals surface area contributed by atoms with Gasteiger partial charge in [-0.25, -0.2) is 0 Å². The fraction of sp³-hybridized carbons (Fsp3) is 0.364. The van der Waals surface area contributed by atoms with Crippen LogP contribution in [0.25, 0.3) is 0 Å². The van der Waals surface area contributed by atoms with E-state index in [-0.39, 0.29) is 5.91 Å². The summed E-state index contributed by atoms with van der Waals surface area (Å²) in [4.78, 5) is 11.2. The lowest BCUT2D eigenvalue weighted by Crippen LogP contribution is -2.13. The molecule has 0 aromatic heterocycles. The molecule has 1 aromatic rings. The summed E-state index contributed by atoms with van der Waals surface area (Å²) in [7, 11) is 0. The Labute approximate surface area is 92.8 Å². The number of amides is 1. The number of hydrogen-bond donors (Lipinski definition) is 1. The van der Waals surface area contributed by atoms with Crippen molar-refractivity contribution in [3.05, 3.63) is 29.8 Å². The van der Waals surface area contributed by atoms with Gasteiger partial charge in [-0.05, 0) is 18.1 Å². The van der Waals surface area contributed by atoms with E-state index in [1.165, 1.54) is 5.56 Å². The highest BCUT2D eigenvalue weighted by molar-refractivity contribution is 9.09. The van der Waals surface area contributed by atoms with Crippen LogP contribution in [0.15, 0.2) is 24.3 Å². The molecule has 0 aliphatic heterocycles. The van der Waals surface area contributed by atoms with Crippen molar-refractivity contribution in [2.75, 3.05) is 10.6 Å². The zero-order chi connectivity index (χ0) is 10.4. The maximum atomic E-state index is 11.2. The zero-order valence-corrected chi connectivity index (χ0v) is 9.80. The van der Waals surface area contributed by atoms with Crippen LogP contribution in [-0.4, -0.2) is 11.2 Å². The first-order valence-electron chi connectivity index (χ1n) is 4.71. The van der Waals surface area contributed by atoms with E-state index in [2.05, 4.69) is 28.2 Å². The number of alkyl halides is 1. The molecule has 76 valence electrons. The Kier molecular flexibility index (Phi) is 4.66. The number of carbonyl (C=O) groups is 1. The van der Waals surface area contributed by atoms with Crippen LogP contribution >= 0.6 is 15.9 Å². The molecule has 2 nitrogen and oxygen atoms in total. The third-order valence-corrected chi connectivity index (χ3v) is 2.44. The minimum atomic E-state index is -0.00597. The predicted molar refractivity (Wildman–Crippen MR) is 62.9 cm³/mol. The topological polar surface area (TPSA) is 29.1 Å². The molecule has 0 radical (unpaired) electrons. The second-order valence-corrected chi connectivity index (χ2v) is 3.65. The van der Waals surface area contributed by atoms with Gasteiger partial charge in [0.15, 0.2) is 0 Å². The van der Waals surface area contributed by atoms with E-state index >= 15 is 0 Å². The largest absolute Gasteiger partial charge is 0.325 e. The fourth-order valence-electron chi connectivity index (χ4n) is 1.31. The van der Waals surface area contributed by atoms with E-state index in [0.29, 0.717) is 5.33 Å². The summed E-state index contributed by atoms with van der Waals surface area (Å²) >= 11 is 3.12. The fourth-order valence-corrected chi connectivity index (χ4v) is 1.45. The molecule has 3 heteroatoms. The van der Waals surface area contributed by atoms with Gasteiger partial charge in [0.05, 0.1) is 5.33 Å². The zero-order valence-electron chi connectivity index (χ0n) is 8.22. The molecule has 1 N–H and O–H groups in total. The molecule has 0 saturated heterocycles. The molecular formula is C11H14BrNO. The van der Waals surface area contributed by atoms with E-state index < -0.39 is 0 Å². The Morgan fingerprint density at radius 1 is 1.43 bits per heavy atom. The van der Waals surface area contributed by atoms with Gasteiger partial charge in [0, 0.05) is 5.69 Å². The number of carbonyl (C=O) groups excluding carboxylic acids is 1. The standard InChI is InChI=1S/C11H14BrNO/c1-2-5-9-6-3-4-7-10(9)13-11(14)8-12/h3-4,6-7H,2,5,8H2,1H3,(H,13,14). The SMILES string of the molecule is CCCc1ccccc1NC(=O)CBr. The minimum Gasteiger partial charge on any atom is -0.325 e. The molecule has 14 heavy (non-hydrogen) atoms. The van der Waals surface area contributed by atoms with Crippen LogP contribution in [0.1, 0.15) is 18.9 Å². The quantitative estimate of drug-likeness (QED) is 0.824. The van der Waals surface area contributed by atoms with Crippen molar-refractivity contribution >= 4 is 27.5 Å². The molecule has 0 saturated carbocycles. The molecular weight excluding hydrogens is 242 g/mol. The van der Waals surface area contributed by atoms with Crippen LogP contribution in [0.5, 0.6) is 0 Å². The van der Waals surface area contributed by atoms with Crippen LogP contribution in [0, 0.1) is 0 Å². The molecule has 1 rings (SSSR count). The number of aryl methyl sites for hydroxylation is 1. The van der Waals surface area contributed by atoms with Crippen molar-refractivity contribution in [1.82, 2.24) is 0 Å². The lowest BCUT2D eigenvalue weighted by atomic mass is 10.1. The number of para-hydroxylation sites is 1. The first-order valence-corrected chi connectivity index (χ1v) is 5.83. The molecule has 0 fully saturated rings. The van der Waals surface area contributed by atoms with Crippen molar-refractivity contribution in [1.29, 1.82) is 0 Å². The molecule has 0 unspecified atom stereocenters. The first kappa shape index (κ1) is 11.2. The van der Waals surface area contributed by atoms with E-state index in [0.717, 1.165) is 18.5 Å². The van der Waals surface area contributed by atoms with Crippen LogP contribution in [0.2, 0.25) is 0 Å². The van der Waals surface area contributed by atoms with Gasteiger partial charge in [-0.2, -0.15) is 0 Å². The van der Waals surface area contributed by atoms with Crippen molar-refractivity contribution in [3.8, 4) is 0 Å². The van der Waals surface area contributed by atoms with Crippen LogP contribution in [-0.2, 0) is 11.2 Å². The van der Waals surface area contributed by atoms with Gasteiger partial charge in [0.2, 0.25) is 5.91 Å². The molecule has 0 atom stereocenters. The van der Waals surface area contributed by atoms with Gasteiger partial charge in [-0.1, -0.05) is 47.5 Å². The number of halogens is 1. The molecule has 1 amide bonds. The Balaban J connectivity index is 2.78. The average molecular weight is 256 g/mol. The molecule has 0 spiro atoms. The van der Waals surface area contributed by atoms with E-state index in [1.807, 2.05) is 24.3 Å². The summed E-state index contributed by atoms with van der Waals surface area (Å²) < 4.78 is 0. The van der Waals surface area contributed by atoms with Gasteiger partial charge in [-0.3, -0.25) is 4.79 Å². The van der Waals surface area contributed by atoms with Crippen LogP contribution < -0.4 is 5.32 Å². The lowest BCUT2D eigenvalue weighted by Gasteiger charge is -2.08. The van der Waals surface area contributed by atoms with Crippen LogP contribution in [0.4, 0.5) is 5.69 Å². The summed E-state index contributed by atoms with van der Waals surface area (Å²) in [6.07, 6.45) is 2.08. The highest BCUT2D eigenvalue weighted by Crippen LogP contribution is 2.16. The van der Waals surface area contributed by atoms with Crippen LogP contribution in [0.3, 0.4) is 0 Å². The number of benzene rings is 1. The monoisotopic (exact) mass is 255 g/mol. The summed E-state index contributed by atoms with van der Waals surface area (Å²) in [6, 6.07) is 7.91. The number of rotatable bonds is 4. The summed E-state index contributed by atoms with van der Waals surface area (Å²) in [6.45, 7) is 2.13. The molecule has 0 heterocycles. The number of hydrogen-bond acceptors (Lipinski definition) is 1. The first-order chi connectivity index (χ1) is 6.77. The predicted octanol–water partition coefficient (Wildman–Crippen LogP) is 2.97. The lowest BCUT2D eigenvalue weighted by molar-refractivity contribution is -0.113. The van der Waals surface area contributed by atoms with Gasteiger partial charge in [-0.15, -0.1) is 0 Å². The Morgan fingerprint density at radius 3 is 2.79 bits per heavy atom. The van der Waals surface area contributed by atoms with Crippen molar-refractivity contribution in [2.24, 2.45) is 0 Å². The molecule has 0 bridgehead atoms. The third-order valence-electron chi connectivity index (χ3n) is 1.93. The van der Waals surface area contributed by atoms with E-state index in [4.69, 9.17) is 0 Å². The summed E-state index contributed by atoms with van der Waals surface area (Å²) in [5.41, 5.74) is 2.13. The van der Waals surface area contributed by atoms with Crippen molar-refractivity contribution < 1.29 is 4.79 Å². The Bertz CT molecular complexity index is 312.